The molecule has 4 rings (SSSR count). The van der Waals surface area contributed by atoms with E-state index in [0.29, 0.717) is 12.0 Å². The number of para-hydroxylation sites is 1. The van der Waals surface area contributed by atoms with E-state index in [1.54, 1.807) is 0 Å². The molecule has 2 aromatic rings. The lowest BCUT2D eigenvalue weighted by atomic mass is 9.92. The number of hydrogen-bond acceptors (Lipinski definition) is 3. The largest absolute Gasteiger partial charge is 0.352 e. The molecule has 1 aliphatic heterocycles. The second-order valence-electron chi connectivity index (χ2n) is 6.72. The zero-order valence-corrected chi connectivity index (χ0v) is 14.4. The van der Waals surface area contributed by atoms with Gasteiger partial charge in [-0.2, -0.15) is 5.10 Å². The fourth-order valence-corrected chi connectivity index (χ4v) is 3.68. The number of piperidine rings is 1. The standard InChI is InChI=1S/C18H22N4O.ClH/c23-17(16-10-18(16)6-8-19-9-7-18)20-11-14-12-21-22(13-14)15-4-2-1-3-5-15;/h1-5,12-13,16,19H,6-11H2,(H,20,23);1H. The third kappa shape index (κ3) is 3.32. The number of carbonyl (C=O) groups excluding carboxylic acids is 1. The zero-order chi connectivity index (χ0) is 15.7. The molecule has 24 heavy (non-hydrogen) atoms. The van der Waals surface area contributed by atoms with Crippen LogP contribution in [0.4, 0.5) is 0 Å². The Bertz CT molecular complexity index is 694. The minimum atomic E-state index is 0. The highest BCUT2D eigenvalue weighted by molar-refractivity contribution is 5.85. The van der Waals surface area contributed by atoms with E-state index in [0.717, 1.165) is 43.6 Å². The molecule has 2 heterocycles. The lowest BCUT2D eigenvalue weighted by Crippen LogP contribution is -2.33. The van der Waals surface area contributed by atoms with Gasteiger partial charge in [0.25, 0.3) is 0 Å². The lowest BCUT2D eigenvalue weighted by molar-refractivity contribution is -0.123. The van der Waals surface area contributed by atoms with Crippen molar-refractivity contribution in [1.82, 2.24) is 20.4 Å². The van der Waals surface area contributed by atoms with E-state index in [1.165, 1.54) is 0 Å². The van der Waals surface area contributed by atoms with Crippen LogP contribution >= 0.6 is 12.4 Å². The van der Waals surface area contributed by atoms with Gasteiger partial charge in [0, 0.05) is 24.2 Å². The summed E-state index contributed by atoms with van der Waals surface area (Å²) in [6.45, 7) is 2.65. The topological polar surface area (TPSA) is 59.0 Å². The molecule has 1 saturated carbocycles. The second-order valence-corrected chi connectivity index (χ2v) is 6.72. The van der Waals surface area contributed by atoms with Crippen molar-refractivity contribution in [3.63, 3.8) is 0 Å². The minimum Gasteiger partial charge on any atom is -0.352 e. The van der Waals surface area contributed by atoms with Crippen LogP contribution in [0.25, 0.3) is 5.69 Å². The van der Waals surface area contributed by atoms with Gasteiger partial charge in [0.15, 0.2) is 0 Å². The van der Waals surface area contributed by atoms with E-state index in [2.05, 4.69) is 15.7 Å². The van der Waals surface area contributed by atoms with Crippen LogP contribution < -0.4 is 10.6 Å². The molecule has 1 saturated heterocycles. The van der Waals surface area contributed by atoms with Crippen molar-refractivity contribution in [2.45, 2.75) is 25.8 Å². The summed E-state index contributed by atoms with van der Waals surface area (Å²) in [7, 11) is 0. The first-order valence-electron chi connectivity index (χ1n) is 8.34. The third-order valence-corrected chi connectivity index (χ3v) is 5.23. The number of nitrogens with one attached hydrogen (secondary N) is 2. The Balaban J connectivity index is 0.00000169. The fourth-order valence-electron chi connectivity index (χ4n) is 3.68. The van der Waals surface area contributed by atoms with E-state index in [-0.39, 0.29) is 24.2 Å². The van der Waals surface area contributed by atoms with Crippen molar-refractivity contribution in [1.29, 1.82) is 0 Å². The molecule has 1 atom stereocenters. The molecule has 1 aromatic heterocycles. The number of nitrogens with zero attached hydrogens (tertiary/aromatic N) is 2. The highest BCUT2D eigenvalue weighted by Crippen LogP contribution is 2.58. The van der Waals surface area contributed by atoms with Gasteiger partial charge in [0.2, 0.25) is 5.91 Å². The summed E-state index contributed by atoms with van der Waals surface area (Å²) in [6, 6.07) is 10.00. The Morgan fingerprint density at radius 3 is 2.79 bits per heavy atom. The third-order valence-electron chi connectivity index (χ3n) is 5.23. The minimum absolute atomic E-state index is 0. The molecule has 2 aliphatic rings. The maximum Gasteiger partial charge on any atom is 0.223 e. The molecule has 0 radical (unpaired) electrons. The SMILES string of the molecule is Cl.O=C(NCc1cnn(-c2ccccc2)c1)C1CC12CCNCC2. The van der Waals surface area contributed by atoms with Crippen molar-refractivity contribution >= 4 is 18.3 Å². The van der Waals surface area contributed by atoms with Crippen molar-refractivity contribution in [3.05, 3.63) is 48.3 Å². The first-order valence-corrected chi connectivity index (χ1v) is 8.34. The Morgan fingerprint density at radius 1 is 1.29 bits per heavy atom. The van der Waals surface area contributed by atoms with Crippen LogP contribution in [0.15, 0.2) is 42.7 Å². The second kappa shape index (κ2) is 6.95. The number of carbonyl (C=O) groups is 1. The van der Waals surface area contributed by atoms with E-state index in [9.17, 15) is 4.79 Å². The van der Waals surface area contributed by atoms with Crippen LogP contribution in [0.1, 0.15) is 24.8 Å². The Labute approximate surface area is 148 Å². The summed E-state index contributed by atoms with van der Waals surface area (Å²) < 4.78 is 1.84. The number of amides is 1. The summed E-state index contributed by atoms with van der Waals surface area (Å²) >= 11 is 0. The van der Waals surface area contributed by atoms with Crippen molar-refractivity contribution in [2.24, 2.45) is 11.3 Å². The van der Waals surface area contributed by atoms with E-state index in [1.807, 2.05) is 47.4 Å². The predicted molar refractivity (Wildman–Crippen MR) is 95.3 cm³/mol. The summed E-state index contributed by atoms with van der Waals surface area (Å²) in [5.74, 6) is 0.424. The van der Waals surface area contributed by atoms with Crippen LogP contribution in [-0.2, 0) is 11.3 Å². The molecule has 2 fully saturated rings. The summed E-state index contributed by atoms with van der Waals surface area (Å²) in [6.07, 6.45) is 7.13. The first-order chi connectivity index (χ1) is 11.3. The molecule has 0 bridgehead atoms. The fraction of sp³-hybridized carbons (Fsp3) is 0.444. The average Bonchev–Trinajstić information content (AvgIpc) is 3.08. The summed E-state index contributed by atoms with van der Waals surface area (Å²) in [5, 5.41) is 10.8. The zero-order valence-electron chi connectivity index (χ0n) is 13.6. The predicted octanol–water partition coefficient (Wildman–Crippen LogP) is 2.30. The molecule has 6 heteroatoms. The molecular weight excluding hydrogens is 324 g/mol. The van der Waals surface area contributed by atoms with Crippen molar-refractivity contribution in [3.8, 4) is 5.69 Å². The number of benzene rings is 1. The summed E-state index contributed by atoms with van der Waals surface area (Å²) in [4.78, 5) is 12.4. The van der Waals surface area contributed by atoms with Gasteiger partial charge in [-0.3, -0.25) is 4.79 Å². The number of hydrogen-bond donors (Lipinski definition) is 2. The maximum atomic E-state index is 12.4. The maximum absolute atomic E-state index is 12.4. The molecule has 1 spiro atoms. The monoisotopic (exact) mass is 346 g/mol. The van der Waals surface area contributed by atoms with Gasteiger partial charge in [0.05, 0.1) is 11.9 Å². The molecule has 1 unspecified atom stereocenters. The molecule has 1 aromatic carbocycles. The molecule has 1 aliphatic carbocycles. The number of aromatic nitrogens is 2. The number of rotatable bonds is 4. The van der Waals surface area contributed by atoms with Crippen molar-refractivity contribution < 1.29 is 4.79 Å². The molecule has 5 nitrogen and oxygen atoms in total. The van der Waals surface area contributed by atoms with E-state index >= 15 is 0 Å². The highest BCUT2D eigenvalue weighted by Gasteiger charge is 2.57. The Hall–Kier alpha value is -1.85. The van der Waals surface area contributed by atoms with Gasteiger partial charge in [-0.05, 0) is 49.9 Å². The smallest absolute Gasteiger partial charge is 0.223 e. The lowest BCUT2D eigenvalue weighted by Gasteiger charge is -2.23. The van der Waals surface area contributed by atoms with Crippen molar-refractivity contribution in [2.75, 3.05) is 13.1 Å². The Kier molecular flexibility index (Phi) is 4.92. The number of halogens is 1. The summed E-state index contributed by atoms with van der Waals surface area (Å²) in [5.41, 5.74) is 2.35. The quantitative estimate of drug-likeness (QED) is 0.893. The molecular formula is C18H23ClN4O. The van der Waals surface area contributed by atoms with Gasteiger partial charge < -0.3 is 10.6 Å². The molecule has 128 valence electrons. The Morgan fingerprint density at radius 2 is 2.04 bits per heavy atom. The first kappa shape index (κ1) is 17.0. The van der Waals surface area contributed by atoms with Gasteiger partial charge in [-0.1, -0.05) is 18.2 Å². The van der Waals surface area contributed by atoms with Gasteiger partial charge in [0.1, 0.15) is 0 Å². The molecule has 1 amide bonds. The van der Waals surface area contributed by atoms with Gasteiger partial charge >= 0.3 is 0 Å². The van der Waals surface area contributed by atoms with E-state index < -0.39 is 0 Å². The molecule has 2 N–H and O–H groups in total. The van der Waals surface area contributed by atoms with E-state index in [4.69, 9.17) is 0 Å². The highest BCUT2D eigenvalue weighted by atomic mass is 35.5. The van der Waals surface area contributed by atoms with Crippen LogP contribution in [0, 0.1) is 11.3 Å². The van der Waals surface area contributed by atoms with Crippen LogP contribution in [0.2, 0.25) is 0 Å². The van der Waals surface area contributed by atoms with Gasteiger partial charge in [-0.15, -0.1) is 12.4 Å². The van der Waals surface area contributed by atoms with Crippen LogP contribution in [0.3, 0.4) is 0 Å². The van der Waals surface area contributed by atoms with Crippen LogP contribution in [-0.4, -0.2) is 28.8 Å². The average molecular weight is 347 g/mol. The van der Waals surface area contributed by atoms with Gasteiger partial charge in [-0.25, -0.2) is 4.68 Å². The van der Waals surface area contributed by atoms with Crippen LogP contribution in [0.5, 0.6) is 0 Å². The normalized spacial score (nSPS) is 21.1.